The van der Waals surface area contributed by atoms with Crippen LogP contribution >= 0.6 is 15.9 Å². The van der Waals surface area contributed by atoms with Crippen molar-refractivity contribution in [2.45, 2.75) is 12.3 Å². The molecule has 1 rings (SSSR count). The molecule has 0 aliphatic rings. The van der Waals surface area contributed by atoms with Crippen molar-refractivity contribution >= 4 is 21.9 Å². The molecule has 0 saturated heterocycles. The van der Waals surface area contributed by atoms with Gasteiger partial charge in [0.1, 0.15) is 0 Å². The predicted octanol–water partition coefficient (Wildman–Crippen LogP) is -1.74. The minimum atomic E-state index is -1.12. The van der Waals surface area contributed by atoms with E-state index in [2.05, 4.69) is 15.9 Å². The van der Waals surface area contributed by atoms with Crippen molar-refractivity contribution in [1.29, 1.82) is 0 Å². The first kappa shape index (κ1) is 13.8. The summed E-state index contributed by atoms with van der Waals surface area (Å²) in [5.41, 5.74) is 2.13. The van der Waals surface area contributed by atoms with E-state index in [1.54, 1.807) is 12.1 Å². The van der Waals surface area contributed by atoms with Gasteiger partial charge in [0.05, 0.1) is 5.97 Å². The maximum Gasteiger partial charge on any atom is 1.00 e. The third-order valence-corrected chi connectivity index (χ3v) is 2.17. The molecule has 0 radical (unpaired) electrons. The minimum absolute atomic E-state index is 0. The molecular weight excluding hydrogens is 259 g/mol. The SMILES string of the molecule is Cc1cc(CBr)cc(C(=O)[O-])c1.[K+]. The van der Waals surface area contributed by atoms with Gasteiger partial charge in [0, 0.05) is 5.33 Å². The summed E-state index contributed by atoms with van der Waals surface area (Å²) in [5.74, 6) is -1.12. The number of carboxylic acid groups (broad SMARTS) is 1. The molecule has 0 aliphatic carbocycles. The van der Waals surface area contributed by atoms with Crippen LogP contribution in [0.5, 0.6) is 0 Å². The molecule has 1 aromatic rings. The molecule has 0 amide bonds. The number of hydrogen-bond donors (Lipinski definition) is 0. The minimum Gasteiger partial charge on any atom is -0.545 e. The number of halogens is 1. The van der Waals surface area contributed by atoms with Crippen molar-refractivity contribution in [3.05, 3.63) is 34.9 Å². The van der Waals surface area contributed by atoms with E-state index in [1.165, 1.54) is 0 Å². The van der Waals surface area contributed by atoms with Gasteiger partial charge in [-0.25, -0.2) is 0 Å². The van der Waals surface area contributed by atoms with Crippen molar-refractivity contribution in [3.63, 3.8) is 0 Å². The van der Waals surface area contributed by atoms with Crippen LogP contribution in [0.4, 0.5) is 0 Å². The number of carboxylic acids is 1. The van der Waals surface area contributed by atoms with Gasteiger partial charge < -0.3 is 9.90 Å². The summed E-state index contributed by atoms with van der Waals surface area (Å²) in [6.07, 6.45) is 0. The van der Waals surface area contributed by atoms with Gasteiger partial charge in [0.15, 0.2) is 0 Å². The van der Waals surface area contributed by atoms with Crippen molar-refractivity contribution in [2.24, 2.45) is 0 Å². The van der Waals surface area contributed by atoms with E-state index in [-0.39, 0.29) is 56.9 Å². The number of carbonyl (C=O) groups is 1. The number of benzene rings is 1. The number of aryl methyl sites for hydroxylation is 1. The Kier molecular flexibility index (Phi) is 6.71. The van der Waals surface area contributed by atoms with Gasteiger partial charge in [-0.2, -0.15) is 0 Å². The number of carbonyl (C=O) groups excluding carboxylic acids is 1. The van der Waals surface area contributed by atoms with Gasteiger partial charge in [-0.15, -0.1) is 0 Å². The molecule has 4 heteroatoms. The summed E-state index contributed by atoms with van der Waals surface area (Å²) < 4.78 is 0. The van der Waals surface area contributed by atoms with Crippen molar-refractivity contribution in [2.75, 3.05) is 0 Å². The first-order chi connectivity index (χ1) is 5.63. The summed E-state index contributed by atoms with van der Waals surface area (Å²) in [4.78, 5) is 10.5. The summed E-state index contributed by atoms with van der Waals surface area (Å²) in [7, 11) is 0. The van der Waals surface area contributed by atoms with Crippen LogP contribution in [0.1, 0.15) is 21.5 Å². The molecule has 0 unspecified atom stereocenters. The van der Waals surface area contributed by atoms with Crippen LogP contribution in [-0.2, 0) is 5.33 Å². The molecule has 0 atom stereocenters. The Labute approximate surface area is 128 Å². The van der Waals surface area contributed by atoms with Gasteiger partial charge in [0.25, 0.3) is 0 Å². The standard InChI is InChI=1S/C9H9BrO2.K/c1-6-2-7(5-10)4-8(3-6)9(11)12;/h2-4H,5H2,1H3,(H,11,12);/q;+1/p-1. The summed E-state index contributed by atoms with van der Waals surface area (Å²) >= 11 is 3.26. The first-order valence-electron chi connectivity index (χ1n) is 3.51. The molecule has 0 N–H and O–H groups in total. The Balaban J connectivity index is 0.00000144. The van der Waals surface area contributed by atoms with Crippen molar-refractivity contribution in [1.82, 2.24) is 0 Å². The van der Waals surface area contributed by atoms with E-state index in [0.29, 0.717) is 5.33 Å². The van der Waals surface area contributed by atoms with Crippen LogP contribution in [0.2, 0.25) is 0 Å². The molecule has 0 aromatic heterocycles. The van der Waals surface area contributed by atoms with E-state index in [9.17, 15) is 9.90 Å². The number of hydrogen-bond acceptors (Lipinski definition) is 2. The second-order valence-electron chi connectivity index (χ2n) is 2.63. The molecular formula is C9H8BrKO2. The maximum atomic E-state index is 10.5. The van der Waals surface area contributed by atoms with E-state index in [1.807, 2.05) is 13.0 Å². The van der Waals surface area contributed by atoms with E-state index in [4.69, 9.17) is 0 Å². The average molecular weight is 267 g/mol. The molecule has 0 bridgehead atoms. The summed E-state index contributed by atoms with van der Waals surface area (Å²) in [6.45, 7) is 1.86. The van der Waals surface area contributed by atoms with E-state index >= 15 is 0 Å². The van der Waals surface area contributed by atoms with E-state index in [0.717, 1.165) is 11.1 Å². The Hall–Kier alpha value is 0.806. The zero-order valence-electron chi connectivity index (χ0n) is 7.63. The van der Waals surface area contributed by atoms with Crippen LogP contribution in [0.25, 0.3) is 0 Å². The third-order valence-electron chi connectivity index (χ3n) is 1.53. The molecule has 2 nitrogen and oxygen atoms in total. The second-order valence-corrected chi connectivity index (χ2v) is 3.19. The van der Waals surface area contributed by atoms with Crippen molar-refractivity contribution in [3.8, 4) is 0 Å². The van der Waals surface area contributed by atoms with Crippen LogP contribution < -0.4 is 56.5 Å². The largest absolute Gasteiger partial charge is 1.00 e. The normalized spacial score (nSPS) is 9.08. The third kappa shape index (κ3) is 4.23. The van der Waals surface area contributed by atoms with Crippen LogP contribution in [0.15, 0.2) is 18.2 Å². The summed E-state index contributed by atoms with van der Waals surface area (Å²) in [5, 5.41) is 11.2. The smallest absolute Gasteiger partial charge is 0.545 e. The van der Waals surface area contributed by atoms with Gasteiger partial charge in [0.2, 0.25) is 0 Å². The zero-order chi connectivity index (χ0) is 9.14. The number of rotatable bonds is 2. The molecule has 0 aliphatic heterocycles. The second kappa shape index (κ2) is 6.32. The van der Waals surface area contributed by atoms with Gasteiger partial charge in [-0.3, -0.25) is 0 Å². The number of alkyl halides is 1. The van der Waals surface area contributed by atoms with Crippen LogP contribution in [0.3, 0.4) is 0 Å². The molecule has 1 aromatic carbocycles. The Bertz CT molecular complexity index is 312. The molecule has 0 heterocycles. The Morgan fingerprint density at radius 3 is 2.54 bits per heavy atom. The molecule has 0 spiro atoms. The van der Waals surface area contributed by atoms with Gasteiger partial charge in [-0.1, -0.05) is 33.6 Å². The Morgan fingerprint density at radius 2 is 2.08 bits per heavy atom. The van der Waals surface area contributed by atoms with Gasteiger partial charge >= 0.3 is 51.4 Å². The maximum absolute atomic E-state index is 10.5. The number of aromatic carboxylic acids is 1. The fourth-order valence-electron chi connectivity index (χ4n) is 1.06. The van der Waals surface area contributed by atoms with Gasteiger partial charge in [-0.05, 0) is 24.1 Å². The average Bonchev–Trinajstić information content (AvgIpc) is 2.03. The molecule has 13 heavy (non-hydrogen) atoms. The predicted molar refractivity (Wildman–Crippen MR) is 48.1 cm³/mol. The molecule has 0 saturated carbocycles. The molecule has 0 fully saturated rings. The van der Waals surface area contributed by atoms with E-state index < -0.39 is 5.97 Å². The van der Waals surface area contributed by atoms with Crippen LogP contribution in [-0.4, -0.2) is 5.97 Å². The quantitative estimate of drug-likeness (QED) is 0.471. The monoisotopic (exact) mass is 266 g/mol. The Morgan fingerprint density at radius 1 is 1.46 bits per heavy atom. The summed E-state index contributed by atoms with van der Waals surface area (Å²) in [6, 6.07) is 5.14. The zero-order valence-corrected chi connectivity index (χ0v) is 12.3. The first-order valence-corrected chi connectivity index (χ1v) is 4.63. The van der Waals surface area contributed by atoms with Crippen molar-refractivity contribution < 1.29 is 61.3 Å². The fraction of sp³-hybridized carbons (Fsp3) is 0.222. The fourth-order valence-corrected chi connectivity index (χ4v) is 1.38. The van der Waals surface area contributed by atoms with Crippen LogP contribution in [0, 0.1) is 6.92 Å². The topological polar surface area (TPSA) is 40.1 Å². The molecule has 64 valence electrons.